The lowest BCUT2D eigenvalue weighted by atomic mass is 10.1. The van der Waals surface area contributed by atoms with Crippen molar-refractivity contribution in [2.75, 3.05) is 62.9 Å². The number of aromatic nitrogens is 2. The summed E-state index contributed by atoms with van der Waals surface area (Å²) in [6.45, 7) is 3.77. The van der Waals surface area contributed by atoms with E-state index in [0.717, 1.165) is 43.3 Å². The molecular formula is C25H28N8O2. The summed E-state index contributed by atoms with van der Waals surface area (Å²) in [5, 5.41) is 18.5. The fourth-order valence-electron chi connectivity index (χ4n) is 3.86. The van der Waals surface area contributed by atoms with E-state index in [4.69, 9.17) is 4.74 Å². The minimum atomic E-state index is -0.242. The van der Waals surface area contributed by atoms with Gasteiger partial charge in [-0.05, 0) is 37.4 Å². The standard InChI is InChI=1S/C25H28N8O2/c1-27-24(34)19-6-4-5-7-20(19)30-23-17(15-26)16-28-25(31-23)29-18-8-9-22(35-3)21(14-18)33-12-10-32(2)11-13-33/h4-9,14,16H,10-13H2,1-3H3,(H,27,34)(H2,28,29,30,31). The monoisotopic (exact) mass is 472 g/mol. The molecule has 0 spiro atoms. The van der Waals surface area contributed by atoms with Crippen LogP contribution in [-0.4, -0.2) is 68.2 Å². The van der Waals surface area contributed by atoms with Crippen molar-refractivity contribution in [3.05, 3.63) is 59.8 Å². The van der Waals surface area contributed by atoms with Crippen molar-refractivity contribution in [3.8, 4) is 11.8 Å². The highest BCUT2D eigenvalue weighted by molar-refractivity contribution is 6.00. The van der Waals surface area contributed by atoms with E-state index in [1.165, 1.54) is 6.20 Å². The molecule has 0 bridgehead atoms. The van der Waals surface area contributed by atoms with Gasteiger partial charge in [0.15, 0.2) is 5.82 Å². The van der Waals surface area contributed by atoms with Crippen LogP contribution in [0.15, 0.2) is 48.7 Å². The number of rotatable bonds is 7. The Kier molecular flexibility index (Phi) is 7.28. The van der Waals surface area contributed by atoms with Gasteiger partial charge >= 0.3 is 0 Å². The molecule has 0 atom stereocenters. The smallest absolute Gasteiger partial charge is 0.253 e. The Morgan fingerprint density at radius 2 is 1.89 bits per heavy atom. The Morgan fingerprint density at radius 3 is 2.60 bits per heavy atom. The number of piperazine rings is 1. The van der Waals surface area contributed by atoms with Crippen LogP contribution in [0.2, 0.25) is 0 Å². The normalized spacial score (nSPS) is 13.6. The number of methoxy groups -OCH3 is 1. The summed E-state index contributed by atoms with van der Waals surface area (Å²) in [5.74, 6) is 1.18. The van der Waals surface area contributed by atoms with Crippen LogP contribution < -0.4 is 25.6 Å². The van der Waals surface area contributed by atoms with Gasteiger partial charge < -0.3 is 30.5 Å². The molecule has 0 unspecified atom stereocenters. The Balaban J connectivity index is 1.61. The zero-order valence-electron chi connectivity index (χ0n) is 20.0. The van der Waals surface area contributed by atoms with E-state index < -0.39 is 0 Å². The Hall–Kier alpha value is -4.36. The quantitative estimate of drug-likeness (QED) is 0.477. The van der Waals surface area contributed by atoms with Gasteiger partial charge in [-0.25, -0.2) is 4.98 Å². The number of hydrogen-bond donors (Lipinski definition) is 3. The van der Waals surface area contributed by atoms with Gasteiger partial charge in [-0.1, -0.05) is 12.1 Å². The molecule has 0 aliphatic carbocycles. The van der Waals surface area contributed by atoms with Crippen LogP contribution in [-0.2, 0) is 0 Å². The summed E-state index contributed by atoms with van der Waals surface area (Å²) in [5.41, 5.74) is 3.03. The zero-order chi connectivity index (χ0) is 24.8. The molecule has 1 aromatic heterocycles. The lowest BCUT2D eigenvalue weighted by Crippen LogP contribution is -2.44. The molecule has 1 amide bonds. The number of nitrogens with one attached hydrogen (secondary N) is 3. The molecule has 180 valence electrons. The topological polar surface area (TPSA) is 118 Å². The third kappa shape index (κ3) is 5.42. The van der Waals surface area contributed by atoms with Gasteiger partial charge in [-0.3, -0.25) is 4.79 Å². The average molecular weight is 473 g/mol. The molecule has 1 saturated heterocycles. The summed E-state index contributed by atoms with van der Waals surface area (Å²) in [6, 6.07) is 15.0. The maximum atomic E-state index is 12.2. The number of amides is 1. The minimum Gasteiger partial charge on any atom is -0.495 e. The van der Waals surface area contributed by atoms with Crippen molar-refractivity contribution in [3.63, 3.8) is 0 Å². The minimum absolute atomic E-state index is 0.242. The number of benzene rings is 2. The number of carbonyl (C=O) groups excluding carboxylic acids is 1. The maximum absolute atomic E-state index is 12.2. The number of anilines is 5. The van der Waals surface area contributed by atoms with E-state index in [1.54, 1.807) is 38.4 Å². The number of likely N-dealkylation sites (N-methyl/N-ethyl adjacent to an activating group) is 1. The van der Waals surface area contributed by atoms with Crippen molar-refractivity contribution in [2.45, 2.75) is 0 Å². The van der Waals surface area contributed by atoms with E-state index in [0.29, 0.717) is 23.0 Å². The lowest BCUT2D eigenvalue weighted by Gasteiger charge is -2.34. The molecule has 1 aliphatic rings. The predicted octanol–water partition coefficient (Wildman–Crippen LogP) is 2.96. The van der Waals surface area contributed by atoms with Gasteiger partial charge in [0, 0.05) is 38.9 Å². The lowest BCUT2D eigenvalue weighted by molar-refractivity contribution is 0.0964. The Bertz CT molecular complexity index is 1250. The van der Waals surface area contributed by atoms with E-state index in [2.05, 4.69) is 48.8 Å². The van der Waals surface area contributed by atoms with E-state index in [9.17, 15) is 10.1 Å². The summed E-state index contributed by atoms with van der Waals surface area (Å²) < 4.78 is 5.59. The van der Waals surface area contributed by atoms with Gasteiger partial charge in [0.05, 0.1) is 30.2 Å². The van der Waals surface area contributed by atoms with Crippen molar-refractivity contribution < 1.29 is 9.53 Å². The fraction of sp³-hybridized carbons (Fsp3) is 0.280. The Labute approximate surface area is 204 Å². The maximum Gasteiger partial charge on any atom is 0.253 e. The SMILES string of the molecule is CNC(=O)c1ccccc1Nc1nc(Nc2ccc(OC)c(N3CCN(C)CC3)c2)ncc1C#N. The van der Waals surface area contributed by atoms with Crippen molar-refractivity contribution in [1.82, 2.24) is 20.2 Å². The van der Waals surface area contributed by atoms with Crippen molar-refractivity contribution >= 4 is 34.7 Å². The van der Waals surface area contributed by atoms with Crippen LogP contribution in [0.4, 0.5) is 28.8 Å². The third-order valence-electron chi connectivity index (χ3n) is 5.84. The van der Waals surface area contributed by atoms with Crippen LogP contribution in [0.25, 0.3) is 0 Å². The highest BCUT2D eigenvalue weighted by atomic mass is 16.5. The van der Waals surface area contributed by atoms with E-state index in [1.807, 2.05) is 18.2 Å². The second-order valence-corrected chi connectivity index (χ2v) is 8.12. The van der Waals surface area contributed by atoms with Gasteiger partial charge in [0.1, 0.15) is 17.4 Å². The molecule has 0 radical (unpaired) electrons. The summed E-state index contributed by atoms with van der Waals surface area (Å²) in [4.78, 5) is 25.7. The number of nitriles is 1. The molecule has 1 fully saturated rings. The second-order valence-electron chi connectivity index (χ2n) is 8.12. The van der Waals surface area contributed by atoms with Gasteiger partial charge in [0.2, 0.25) is 5.95 Å². The average Bonchev–Trinajstić information content (AvgIpc) is 2.89. The van der Waals surface area contributed by atoms with Crippen LogP contribution in [0.1, 0.15) is 15.9 Å². The molecule has 10 heteroatoms. The van der Waals surface area contributed by atoms with Crippen molar-refractivity contribution in [2.24, 2.45) is 0 Å². The van der Waals surface area contributed by atoms with Crippen LogP contribution in [0.5, 0.6) is 5.75 Å². The first kappa shape index (κ1) is 23.8. The molecule has 2 heterocycles. The first-order valence-corrected chi connectivity index (χ1v) is 11.3. The molecule has 1 aliphatic heterocycles. The number of para-hydroxylation sites is 1. The predicted molar refractivity (Wildman–Crippen MR) is 136 cm³/mol. The van der Waals surface area contributed by atoms with E-state index >= 15 is 0 Å². The fourth-order valence-corrected chi connectivity index (χ4v) is 3.86. The molecule has 2 aromatic carbocycles. The number of ether oxygens (including phenoxy) is 1. The highest BCUT2D eigenvalue weighted by Crippen LogP contribution is 2.33. The first-order chi connectivity index (χ1) is 17.0. The molecule has 35 heavy (non-hydrogen) atoms. The molecule has 4 rings (SSSR count). The zero-order valence-corrected chi connectivity index (χ0v) is 20.0. The van der Waals surface area contributed by atoms with E-state index in [-0.39, 0.29) is 11.5 Å². The molecule has 0 saturated carbocycles. The van der Waals surface area contributed by atoms with Gasteiger partial charge in [-0.2, -0.15) is 10.2 Å². The number of hydrogen-bond acceptors (Lipinski definition) is 9. The highest BCUT2D eigenvalue weighted by Gasteiger charge is 2.19. The second kappa shape index (κ2) is 10.7. The molecule has 10 nitrogen and oxygen atoms in total. The third-order valence-corrected chi connectivity index (χ3v) is 5.84. The molecule has 3 N–H and O–H groups in total. The van der Waals surface area contributed by atoms with Crippen LogP contribution in [0.3, 0.4) is 0 Å². The largest absolute Gasteiger partial charge is 0.495 e. The van der Waals surface area contributed by atoms with Crippen LogP contribution in [0, 0.1) is 11.3 Å². The van der Waals surface area contributed by atoms with Crippen LogP contribution >= 0.6 is 0 Å². The Morgan fingerprint density at radius 1 is 1.11 bits per heavy atom. The summed E-state index contributed by atoms with van der Waals surface area (Å²) in [6.07, 6.45) is 1.45. The summed E-state index contributed by atoms with van der Waals surface area (Å²) in [7, 11) is 5.35. The molecular weight excluding hydrogens is 444 g/mol. The number of carbonyl (C=O) groups is 1. The molecule has 3 aromatic rings. The number of nitrogens with zero attached hydrogens (tertiary/aromatic N) is 5. The van der Waals surface area contributed by atoms with Gasteiger partial charge in [-0.15, -0.1) is 0 Å². The van der Waals surface area contributed by atoms with Gasteiger partial charge in [0.25, 0.3) is 5.91 Å². The van der Waals surface area contributed by atoms with Crippen molar-refractivity contribution in [1.29, 1.82) is 5.26 Å². The summed E-state index contributed by atoms with van der Waals surface area (Å²) >= 11 is 0. The first-order valence-electron chi connectivity index (χ1n) is 11.3.